The normalized spacial score (nSPS) is 10.5. The third-order valence-electron chi connectivity index (χ3n) is 3.10. The summed E-state index contributed by atoms with van der Waals surface area (Å²) in [6, 6.07) is 2.54. The number of pyridine rings is 1. The molecule has 1 aromatic carbocycles. The molecule has 128 valence electrons. The highest BCUT2D eigenvalue weighted by atomic mass is 127. The van der Waals surface area contributed by atoms with Crippen LogP contribution in [0.2, 0.25) is 10.0 Å². The first-order valence-electron chi connectivity index (χ1n) is 6.29. The smallest absolute Gasteiger partial charge is 0.368 e. The predicted molar refractivity (Wildman–Crippen MR) is 95.1 cm³/mol. The summed E-state index contributed by atoms with van der Waals surface area (Å²) in [7, 11) is 2.61. The summed E-state index contributed by atoms with van der Waals surface area (Å²) in [6.07, 6.45) is 0. The van der Waals surface area contributed by atoms with E-state index in [0.717, 1.165) is 0 Å². The Morgan fingerprint density at radius 1 is 1.29 bits per heavy atom. The highest BCUT2D eigenvalue weighted by Crippen LogP contribution is 2.39. The van der Waals surface area contributed by atoms with Crippen molar-refractivity contribution >= 4 is 57.9 Å². The molecule has 24 heavy (non-hydrogen) atoms. The third-order valence-corrected chi connectivity index (χ3v) is 4.17. The van der Waals surface area contributed by atoms with E-state index in [9.17, 15) is 13.6 Å². The van der Waals surface area contributed by atoms with Gasteiger partial charge in [-0.25, -0.2) is 18.6 Å². The first kappa shape index (κ1) is 18.9. The monoisotopic (exact) mass is 488 g/mol. The average molecular weight is 489 g/mol. The quantitative estimate of drug-likeness (QED) is 0.621. The lowest BCUT2D eigenvalue weighted by Gasteiger charge is -2.14. The minimum atomic E-state index is -0.934. The molecule has 0 amide bonds. The fraction of sp³-hybridized carbons (Fsp3) is 0.143. The van der Waals surface area contributed by atoms with E-state index in [4.69, 9.17) is 27.9 Å². The second-order valence-electron chi connectivity index (χ2n) is 4.37. The van der Waals surface area contributed by atoms with Crippen LogP contribution >= 0.6 is 46.2 Å². The second kappa shape index (κ2) is 7.66. The molecule has 1 aromatic heterocycles. The van der Waals surface area contributed by atoms with E-state index in [2.05, 4.69) is 13.4 Å². The van der Waals surface area contributed by atoms with Gasteiger partial charge in [0.2, 0.25) is 0 Å². The lowest BCUT2D eigenvalue weighted by atomic mass is 10.1. The van der Waals surface area contributed by atoms with Gasteiger partial charge in [0, 0.05) is 12.6 Å². The Morgan fingerprint density at radius 3 is 2.50 bits per heavy atom. The maximum absolute atomic E-state index is 14.7. The van der Waals surface area contributed by atoms with Crippen LogP contribution in [0.3, 0.4) is 0 Å². The number of methoxy groups -OCH3 is 1. The van der Waals surface area contributed by atoms with Crippen LogP contribution in [0.15, 0.2) is 12.1 Å². The van der Waals surface area contributed by atoms with Crippen molar-refractivity contribution in [3.63, 3.8) is 0 Å². The van der Waals surface area contributed by atoms with Crippen molar-refractivity contribution in [1.82, 2.24) is 4.98 Å². The maximum Gasteiger partial charge on any atom is 0.368 e. The van der Waals surface area contributed by atoms with Gasteiger partial charge in [-0.1, -0.05) is 23.2 Å². The van der Waals surface area contributed by atoms with E-state index in [1.165, 1.54) is 49.3 Å². The van der Waals surface area contributed by atoms with E-state index in [1.807, 2.05) is 0 Å². The fourth-order valence-corrected chi connectivity index (χ4v) is 2.74. The van der Waals surface area contributed by atoms with Crippen LogP contribution in [-0.2, 0) is 3.07 Å². The molecule has 0 fully saturated rings. The van der Waals surface area contributed by atoms with Crippen molar-refractivity contribution in [2.45, 2.75) is 0 Å². The third kappa shape index (κ3) is 3.22. The first-order valence-corrected chi connectivity index (χ1v) is 7.93. The topological polar surface area (TPSA) is 60.5 Å². The molecule has 0 saturated carbocycles. The molecule has 0 bridgehead atoms. The zero-order valence-corrected chi connectivity index (χ0v) is 15.9. The molecule has 0 unspecified atom stereocenters. The Labute approximate surface area is 159 Å². The summed E-state index contributed by atoms with van der Waals surface area (Å²) in [4.78, 5) is 15.6. The van der Waals surface area contributed by atoms with Crippen molar-refractivity contribution in [2.75, 3.05) is 19.5 Å². The van der Waals surface area contributed by atoms with Crippen LogP contribution in [0.1, 0.15) is 10.5 Å². The average Bonchev–Trinajstić information content (AvgIpc) is 2.56. The number of carbonyl (C=O) groups excluding carboxylic acids is 1. The molecule has 10 heteroatoms. The molecule has 1 N–H and O–H groups in total. The number of hydrogen-bond acceptors (Lipinski definition) is 5. The number of benzene rings is 1. The van der Waals surface area contributed by atoms with Crippen LogP contribution in [-0.4, -0.2) is 25.1 Å². The molecule has 0 atom stereocenters. The van der Waals surface area contributed by atoms with Gasteiger partial charge < -0.3 is 13.1 Å². The van der Waals surface area contributed by atoms with Gasteiger partial charge in [-0.2, -0.15) is 0 Å². The Balaban J connectivity index is 2.82. The lowest BCUT2D eigenvalue weighted by molar-refractivity contribution is 0.0794. The second-order valence-corrected chi connectivity index (χ2v) is 5.59. The molecule has 0 spiro atoms. The molecule has 0 aliphatic carbocycles. The standard InChI is InChI=1S/C14H9Cl2F2IN2O3/c1-20-11-7(16)12(14(22)24-19)21-10(9(11)18)5-3-4-6(15)13(23-2)8(5)17/h3-4H,1-2H3,(H,20,21). The number of aromatic nitrogens is 1. The molecule has 2 rings (SSSR count). The number of ether oxygens (including phenoxy) is 1. The molecule has 2 aromatic rings. The number of hydrogen-bond donors (Lipinski definition) is 1. The SMILES string of the molecule is CNc1c(F)c(-c2ccc(Cl)c(OC)c2F)nc(C(=O)OI)c1Cl. The Kier molecular flexibility index (Phi) is 6.05. The summed E-state index contributed by atoms with van der Waals surface area (Å²) >= 11 is 13.1. The van der Waals surface area contributed by atoms with Gasteiger partial charge in [0.25, 0.3) is 0 Å². The summed E-state index contributed by atoms with van der Waals surface area (Å²) in [5.74, 6) is -3.03. The van der Waals surface area contributed by atoms with Crippen molar-refractivity contribution in [1.29, 1.82) is 0 Å². The Morgan fingerprint density at radius 2 is 1.96 bits per heavy atom. The predicted octanol–water partition coefficient (Wildman–Crippen LogP) is 4.89. The largest absolute Gasteiger partial charge is 0.492 e. The minimum Gasteiger partial charge on any atom is -0.492 e. The van der Waals surface area contributed by atoms with E-state index < -0.39 is 23.3 Å². The molecule has 5 nitrogen and oxygen atoms in total. The van der Waals surface area contributed by atoms with E-state index >= 15 is 0 Å². The van der Waals surface area contributed by atoms with Crippen LogP contribution in [0, 0.1) is 11.6 Å². The Bertz CT molecular complexity index is 821. The van der Waals surface area contributed by atoms with Gasteiger partial charge in [0.05, 0.1) is 22.8 Å². The molecular formula is C14H9Cl2F2IN2O3. The first-order chi connectivity index (χ1) is 11.4. The summed E-state index contributed by atoms with van der Waals surface area (Å²) in [6.45, 7) is 0. The van der Waals surface area contributed by atoms with Gasteiger partial charge in [0.1, 0.15) is 5.69 Å². The molecule has 0 saturated heterocycles. The van der Waals surface area contributed by atoms with Crippen molar-refractivity contribution in [3.8, 4) is 17.0 Å². The van der Waals surface area contributed by atoms with Gasteiger partial charge in [-0.15, -0.1) is 0 Å². The van der Waals surface area contributed by atoms with Crippen LogP contribution < -0.4 is 10.1 Å². The number of rotatable bonds is 4. The number of nitrogens with one attached hydrogen (secondary N) is 1. The Hall–Kier alpha value is -1.39. The van der Waals surface area contributed by atoms with Crippen molar-refractivity contribution in [2.24, 2.45) is 0 Å². The van der Waals surface area contributed by atoms with Crippen LogP contribution in [0.25, 0.3) is 11.3 Å². The zero-order chi connectivity index (χ0) is 18.0. The maximum atomic E-state index is 14.7. The summed E-state index contributed by atoms with van der Waals surface area (Å²) in [5, 5.41) is 2.25. The van der Waals surface area contributed by atoms with Crippen LogP contribution in [0.5, 0.6) is 5.75 Å². The highest BCUT2D eigenvalue weighted by molar-refractivity contribution is 14.1. The zero-order valence-electron chi connectivity index (χ0n) is 12.2. The van der Waals surface area contributed by atoms with Gasteiger partial charge in [-0.05, 0) is 12.1 Å². The lowest BCUT2D eigenvalue weighted by Crippen LogP contribution is -2.09. The van der Waals surface area contributed by atoms with E-state index in [-0.39, 0.29) is 32.7 Å². The summed E-state index contributed by atoms with van der Waals surface area (Å²) in [5.41, 5.74) is -1.26. The molecule has 0 radical (unpaired) electrons. The number of halogens is 5. The summed E-state index contributed by atoms with van der Waals surface area (Å²) < 4.78 is 38.6. The van der Waals surface area contributed by atoms with Gasteiger partial charge in [-0.3, -0.25) is 0 Å². The number of nitrogens with zero attached hydrogens (tertiary/aromatic N) is 1. The fourth-order valence-electron chi connectivity index (χ4n) is 2.02. The van der Waals surface area contributed by atoms with E-state index in [1.54, 1.807) is 0 Å². The van der Waals surface area contributed by atoms with Gasteiger partial charge >= 0.3 is 5.97 Å². The number of anilines is 1. The van der Waals surface area contributed by atoms with Gasteiger partial charge in [0.15, 0.2) is 46.1 Å². The number of carbonyl (C=O) groups is 1. The van der Waals surface area contributed by atoms with Crippen LogP contribution in [0.4, 0.5) is 14.5 Å². The highest BCUT2D eigenvalue weighted by Gasteiger charge is 2.26. The minimum absolute atomic E-state index is 0.00820. The molecule has 0 aliphatic heterocycles. The molecule has 0 aliphatic rings. The van der Waals surface area contributed by atoms with Crippen molar-refractivity contribution in [3.05, 3.63) is 39.5 Å². The molecule has 1 heterocycles. The van der Waals surface area contributed by atoms with E-state index in [0.29, 0.717) is 0 Å². The van der Waals surface area contributed by atoms with Crippen molar-refractivity contribution < 1.29 is 21.4 Å². The molecular weight excluding hydrogens is 480 g/mol.